The van der Waals surface area contributed by atoms with Gasteiger partial charge in [-0.2, -0.15) is 18.3 Å². The normalized spacial score (nSPS) is 14.4. The molecule has 35 heavy (non-hydrogen) atoms. The summed E-state index contributed by atoms with van der Waals surface area (Å²) in [5, 5.41) is 7.21. The summed E-state index contributed by atoms with van der Waals surface area (Å²) in [4.78, 5) is 18.1. The predicted octanol–water partition coefficient (Wildman–Crippen LogP) is 6.24. The fourth-order valence-electron chi connectivity index (χ4n) is 4.07. The first-order chi connectivity index (χ1) is 16.8. The summed E-state index contributed by atoms with van der Waals surface area (Å²) in [5.41, 5.74) is 1.65. The Kier molecular flexibility index (Phi) is 6.29. The van der Waals surface area contributed by atoms with E-state index in [1.54, 1.807) is 46.0 Å². The third-order valence-corrected chi connectivity index (χ3v) is 7.02. The third-order valence-electron chi connectivity index (χ3n) is 5.88. The largest absolute Gasteiger partial charge is 0.416 e. The number of amides is 1. The van der Waals surface area contributed by atoms with Crippen molar-refractivity contribution in [2.24, 2.45) is 0 Å². The van der Waals surface area contributed by atoms with Crippen LogP contribution in [0, 0.1) is 0 Å². The number of rotatable bonds is 4. The number of piperazine rings is 1. The maximum atomic E-state index is 13.5. The molecule has 0 unspecified atom stereocenters. The molecule has 1 fully saturated rings. The molecule has 1 amide bonds. The Labute approximate surface area is 209 Å². The standard InChI is InChI=1S/C25H20ClF3N4OS/c26-18-6-8-19(9-7-18)33-22(16-21(30-33)23-5-2-14-35-23)24(34)32-12-10-31(11-13-32)20-4-1-3-17(15-20)25(27,28)29/h1-9,14-16H,10-13H2. The van der Waals surface area contributed by atoms with Gasteiger partial charge in [-0.1, -0.05) is 23.7 Å². The molecule has 2 aromatic heterocycles. The zero-order valence-electron chi connectivity index (χ0n) is 18.4. The van der Waals surface area contributed by atoms with Crippen molar-refractivity contribution in [3.05, 3.63) is 88.4 Å². The van der Waals surface area contributed by atoms with Crippen LogP contribution in [0.15, 0.2) is 72.1 Å². The van der Waals surface area contributed by atoms with Gasteiger partial charge in [-0.3, -0.25) is 4.79 Å². The van der Waals surface area contributed by atoms with Gasteiger partial charge in [0.15, 0.2) is 0 Å². The minimum atomic E-state index is -4.39. The van der Waals surface area contributed by atoms with Gasteiger partial charge in [0, 0.05) is 36.9 Å². The van der Waals surface area contributed by atoms with Gasteiger partial charge in [0.05, 0.1) is 16.1 Å². The van der Waals surface area contributed by atoms with Crippen molar-refractivity contribution in [3.63, 3.8) is 0 Å². The Bertz CT molecular complexity index is 1330. The molecule has 1 aliphatic rings. The highest BCUT2D eigenvalue weighted by Crippen LogP contribution is 2.32. The van der Waals surface area contributed by atoms with Crippen molar-refractivity contribution >= 4 is 34.5 Å². The minimum absolute atomic E-state index is 0.182. The number of hydrogen-bond acceptors (Lipinski definition) is 4. The molecule has 5 rings (SSSR count). The molecule has 10 heteroatoms. The van der Waals surface area contributed by atoms with E-state index in [1.165, 1.54) is 17.4 Å². The molecule has 1 saturated heterocycles. The summed E-state index contributed by atoms with van der Waals surface area (Å²) in [6.07, 6.45) is -4.39. The summed E-state index contributed by atoms with van der Waals surface area (Å²) in [6, 6.07) is 18.0. The molecule has 2 aromatic carbocycles. The van der Waals surface area contributed by atoms with Crippen LogP contribution in [-0.2, 0) is 6.18 Å². The van der Waals surface area contributed by atoms with Crippen LogP contribution in [0.25, 0.3) is 16.3 Å². The molecule has 0 aliphatic carbocycles. The molecule has 4 aromatic rings. The number of halogens is 4. The van der Waals surface area contributed by atoms with E-state index >= 15 is 0 Å². The highest BCUT2D eigenvalue weighted by molar-refractivity contribution is 7.13. The summed E-state index contributed by atoms with van der Waals surface area (Å²) < 4.78 is 40.9. The first kappa shape index (κ1) is 23.4. The molecular formula is C25H20ClF3N4OS. The quantitative estimate of drug-likeness (QED) is 0.322. The van der Waals surface area contributed by atoms with Gasteiger partial charge in [0.1, 0.15) is 11.4 Å². The Balaban J connectivity index is 1.38. The average molecular weight is 517 g/mol. The summed E-state index contributed by atoms with van der Waals surface area (Å²) in [7, 11) is 0. The predicted molar refractivity (Wildman–Crippen MR) is 131 cm³/mol. The van der Waals surface area contributed by atoms with Crippen molar-refractivity contribution in [2.45, 2.75) is 6.18 Å². The van der Waals surface area contributed by atoms with Gasteiger partial charge < -0.3 is 9.80 Å². The molecule has 0 spiro atoms. The lowest BCUT2D eigenvalue weighted by atomic mass is 10.1. The Hall–Kier alpha value is -3.30. The fourth-order valence-corrected chi connectivity index (χ4v) is 4.87. The van der Waals surface area contributed by atoms with Crippen molar-refractivity contribution in [3.8, 4) is 16.3 Å². The van der Waals surface area contributed by atoms with E-state index in [1.807, 2.05) is 22.4 Å². The Morgan fingerprint density at radius 3 is 2.31 bits per heavy atom. The van der Waals surface area contributed by atoms with Gasteiger partial charge in [-0.25, -0.2) is 4.68 Å². The smallest absolute Gasteiger partial charge is 0.368 e. The van der Waals surface area contributed by atoms with Crippen LogP contribution in [-0.4, -0.2) is 46.8 Å². The minimum Gasteiger partial charge on any atom is -0.368 e. The SMILES string of the molecule is O=C(c1cc(-c2cccs2)nn1-c1ccc(Cl)cc1)N1CCN(c2cccc(C(F)(F)F)c2)CC1. The van der Waals surface area contributed by atoms with Crippen molar-refractivity contribution in [1.82, 2.24) is 14.7 Å². The molecular weight excluding hydrogens is 497 g/mol. The summed E-state index contributed by atoms with van der Waals surface area (Å²) in [5.74, 6) is -0.182. The molecule has 0 N–H and O–H groups in total. The highest BCUT2D eigenvalue weighted by atomic mass is 35.5. The maximum absolute atomic E-state index is 13.5. The van der Waals surface area contributed by atoms with Gasteiger partial charge in [0.2, 0.25) is 0 Å². The highest BCUT2D eigenvalue weighted by Gasteiger charge is 2.32. The second-order valence-electron chi connectivity index (χ2n) is 8.11. The zero-order chi connectivity index (χ0) is 24.6. The zero-order valence-corrected chi connectivity index (χ0v) is 19.9. The van der Waals surface area contributed by atoms with E-state index in [4.69, 9.17) is 11.6 Å². The van der Waals surface area contributed by atoms with Crippen LogP contribution in [0.3, 0.4) is 0 Å². The monoisotopic (exact) mass is 516 g/mol. The lowest BCUT2D eigenvalue weighted by Crippen LogP contribution is -2.49. The molecule has 0 bridgehead atoms. The number of carbonyl (C=O) groups excluding carboxylic acids is 1. The number of thiophene rings is 1. The van der Waals surface area contributed by atoms with Crippen LogP contribution in [0.2, 0.25) is 5.02 Å². The first-order valence-corrected chi connectivity index (χ1v) is 12.2. The number of hydrogen-bond donors (Lipinski definition) is 0. The van der Waals surface area contributed by atoms with Crippen molar-refractivity contribution < 1.29 is 18.0 Å². The molecule has 0 saturated carbocycles. The van der Waals surface area contributed by atoms with Crippen LogP contribution in [0.5, 0.6) is 0 Å². The molecule has 0 radical (unpaired) electrons. The summed E-state index contributed by atoms with van der Waals surface area (Å²) >= 11 is 7.57. The maximum Gasteiger partial charge on any atom is 0.416 e. The number of carbonyl (C=O) groups is 1. The molecule has 180 valence electrons. The van der Waals surface area contributed by atoms with Gasteiger partial charge in [0.25, 0.3) is 5.91 Å². The van der Waals surface area contributed by atoms with Gasteiger partial charge >= 0.3 is 6.18 Å². The van der Waals surface area contributed by atoms with Crippen molar-refractivity contribution in [2.75, 3.05) is 31.1 Å². The summed E-state index contributed by atoms with van der Waals surface area (Å²) in [6.45, 7) is 1.63. The third kappa shape index (κ3) is 4.92. The lowest BCUT2D eigenvalue weighted by molar-refractivity contribution is -0.137. The van der Waals surface area contributed by atoms with E-state index < -0.39 is 11.7 Å². The number of anilines is 1. The number of alkyl halides is 3. The Morgan fingerprint density at radius 2 is 1.66 bits per heavy atom. The average Bonchev–Trinajstić information content (AvgIpc) is 3.54. The topological polar surface area (TPSA) is 41.4 Å². The van der Waals surface area contributed by atoms with E-state index in [-0.39, 0.29) is 5.91 Å². The van der Waals surface area contributed by atoms with Crippen LogP contribution in [0.4, 0.5) is 18.9 Å². The van der Waals surface area contributed by atoms with E-state index in [0.717, 1.165) is 17.0 Å². The van der Waals surface area contributed by atoms with Crippen LogP contribution >= 0.6 is 22.9 Å². The second-order valence-corrected chi connectivity index (χ2v) is 9.49. The van der Waals surface area contributed by atoms with Gasteiger partial charge in [-0.05, 0) is 60.0 Å². The lowest BCUT2D eigenvalue weighted by Gasteiger charge is -2.36. The number of benzene rings is 2. The molecule has 1 aliphatic heterocycles. The van der Waals surface area contributed by atoms with E-state index in [9.17, 15) is 18.0 Å². The van der Waals surface area contributed by atoms with Crippen LogP contribution < -0.4 is 4.90 Å². The fraction of sp³-hybridized carbons (Fsp3) is 0.200. The second kappa shape index (κ2) is 9.39. The number of nitrogens with zero attached hydrogens (tertiary/aromatic N) is 4. The van der Waals surface area contributed by atoms with Crippen molar-refractivity contribution in [1.29, 1.82) is 0 Å². The number of aromatic nitrogens is 2. The van der Waals surface area contributed by atoms with E-state index in [0.29, 0.717) is 54.0 Å². The molecule has 0 atom stereocenters. The molecule has 5 nitrogen and oxygen atoms in total. The molecule has 3 heterocycles. The Morgan fingerprint density at radius 1 is 0.914 bits per heavy atom. The van der Waals surface area contributed by atoms with E-state index in [2.05, 4.69) is 5.10 Å². The first-order valence-electron chi connectivity index (χ1n) is 10.9. The van der Waals surface area contributed by atoms with Gasteiger partial charge in [-0.15, -0.1) is 11.3 Å². The van der Waals surface area contributed by atoms with Crippen LogP contribution in [0.1, 0.15) is 16.1 Å².